The molecule has 0 aromatic heterocycles. The van der Waals surface area contributed by atoms with E-state index in [4.69, 9.17) is 4.74 Å². The topological polar surface area (TPSA) is 15.7 Å². The first-order valence-corrected chi connectivity index (χ1v) is 11.1. The fourth-order valence-corrected chi connectivity index (χ4v) is 5.72. The molecule has 0 saturated carbocycles. The molecule has 2 aliphatic heterocycles. The molecule has 4 rings (SSSR count). The molecule has 3 nitrogen and oxygen atoms in total. The molecule has 150 valence electrons. The highest BCUT2D eigenvalue weighted by Crippen LogP contribution is 2.43. The van der Waals surface area contributed by atoms with Crippen LogP contribution in [0.4, 0.5) is 10.1 Å². The van der Waals surface area contributed by atoms with Crippen molar-refractivity contribution in [3.05, 3.63) is 59.9 Å². The Bertz CT molecular complexity index is 779. The molecule has 0 amide bonds. The Hall–Kier alpha value is -1.56. The second kappa shape index (κ2) is 9.29. The molecule has 1 saturated heterocycles. The van der Waals surface area contributed by atoms with E-state index in [9.17, 15) is 4.39 Å². The van der Waals surface area contributed by atoms with Gasteiger partial charge in [0.15, 0.2) is 0 Å². The molecule has 2 heterocycles. The Kier molecular flexibility index (Phi) is 6.55. The number of hydrogen-bond acceptors (Lipinski definition) is 4. The molecule has 2 aliphatic rings. The van der Waals surface area contributed by atoms with Crippen LogP contribution < -0.4 is 4.90 Å². The summed E-state index contributed by atoms with van der Waals surface area (Å²) in [5.41, 5.74) is 2.08. The first-order valence-electron chi connectivity index (χ1n) is 10.2. The van der Waals surface area contributed by atoms with Gasteiger partial charge in [-0.3, -0.25) is 4.90 Å². The van der Waals surface area contributed by atoms with Gasteiger partial charge in [-0.25, -0.2) is 4.39 Å². The average molecular weight is 401 g/mol. The maximum Gasteiger partial charge on any atom is 0.146 e. The van der Waals surface area contributed by atoms with Gasteiger partial charge in [-0.05, 0) is 49.6 Å². The summed E-state index contributed by atoms with van der Waals surface area (Å²) in [6.07, 6.45) is 3.74. The van der Waals surface area contributed by atoms with Crippen LogP contribution in [0.3, 0.4) is 0 Å². The maximum absolute atomic E-state index is 14.0. The monoisotopic (exact) mass is 400 g/mol. The van der Waals surface area contributed by atoms with Crippen LogP contribution in [0.1, 0.15) is 30.9 Å². The van der Waals surface area contributed by atoms with Crippen LogP contribution in [-0.2, 0) is 4.74 Å². The van der Waals surface area contributed by atoms with E-state index in [1.54, 1.807) is 12.1 Å². The standard InChI is InChI=1S/C23H29FN2OS/c1-27-22-17-18(28-23-11-5-2-8-19(22)23)7-6-12-25-13-15-26(16-14-25)21-10-4-3-9-20(21)24/h2-5,8-11,18,22H,6-7,12-17H2,1H3. The Morgan fingerprint density at radius 1 is 1.04 bits per heavy atom. The summed E-state index contributed by atoms with van der Waals surface area (Å²) < 4.78 is 19.7. The fraction of sp³-hybridized carbons (Fsp3) is 0.478. The minimum absolute atomic E-state index is 0.113. The molecule has 2 unspecified atom stereocenters. The van der Waals surface area contributed by atoms with Gasteiger partial charge in [-0.15, -0.1) is 11.8 Å². The van der Waals surface area contributed by atoms with Crippen molar-refractivity contribution in [2.24, 2.45) is 0 Å². The summed E-state index contributed by atoms with van der Waals surface area (Å²) in [5, 5.41) is 0.625. The number of methoxy groups -OCH3 is 1. The molecular weight excluding hydrogens is 371 g/mol. The van der Waals surface area contributed by atoms with Crippen molar-refractivity contribution >= 4 is 17.4 Å². The van der Waals surface area contributed by atoms with Crippen LogP contribution in [-0.4, -0.2) is 50.0 Å². The van der Waals surface area contributed by atoms with Gasteiger partial charge in [0.2, 0.25) is 0 Å². The largest absolute Gasteiger partial charge is 0.377 e. The van der Waals surface area contributed by atoms with Crippen LogP contribution in [0.5, 0.6) is 0 Å². The first-order chi connectivity index (χ1) is 13.7. The molecule has 2 atom stereocenters. The van der Waals surface area contributed by atoms with E-state index < -0.39 is 0 Å². The Balaban J connectivity index is 1.23. The second-order valence-electron chi connectivity index (χ2n) is 7.66. The molecule has 2 aromatic carbocycles. The minimum Gasteiger partial charge on any atom is -0.377 e. The van der Waals surface area contributed by atoms with E-state index in [0.29, 0.717) is 5.25 Å². The summed E-state index contributed by atoms with van der Waals surface area (Å²) in [7, 11) is 1.82. The average Bonchev–Trinajstić information content (AvgIpc) is 2.74. The number of hydrogen-bond donors (Lipinski definition) is 0. The van der Waals surface area contributed by atoms with Gasteiger partial charge in [-0.2, -0.15) is 0 Å². The highest BCUT2D eigenvalue weighted by atomic mass is 32.2. The van der Waals surface area contributed by atoms with E-state index in [0.717, 1.165) is 44.8 Å². The Labute approximate surface area is 171 Å². The molecule has 0 bridgehead atoms. The molecular formula is C23H29FN2OS. The smallest absolute Gasteiger partial charge is 0.146 e. The number of rotatable bonds is 6. The van der Waals surface area contributed by atoms with Gasteiger partial charge < -0.3 is 9.64 Å². The third-order valence-electron chi connectivity index (χ3n) is 5.89. The van der Waals surface area contributed by atoms with Crippen LogP contribution in [0.15, 0.2) is 53.4 Å². The van der Waals surface area contributed by atoms with E-state index in [-0.39, 0.29) is 11.9 Å². The number of para-hydroxylation sites is 1. The predicted octanol–water partition coefficient (Wildman–Crippen LogP) is 4.98. The number of piperazine rings is 1. The summed E-state index contributed by atoms with van der Waals surface area (Å²) in [5.74, 6) is -0.113. The van der Waals surface area contributed by atoms with Crippen molar-refractivity contribution < 1.29 is 9.13 Å². The normalized spacial score (nSPS) is 22.9. The minimum atomic E-state index is -0.113. The van der Waals surface area contributed by atoms with E-state index in [1.807, 2.05) is 31.0 Å². The number of ether oxygens (including phenoxy) is 1. The third kappa shape index (κ3) is 4.53. The van der Waals surface area contributed by atoms with E-state index in [1.165, 1.54) is 23.3 Å². The SMILES string of the molecule is COC1CC(CCCN2CCN(c3ccccc3F)CC2)Sc2ccccc21. The zero-order chi connectivity index (χ0) is 19.3. The van der Waals surface area contributed by atoms with E-state index >= 15 is 0 Å². The highest BCUT2D eigenvalue weighted by molar-refractivity contribution is 8.00. The summed E-state index contributed by atoms with van der Waals surface area (Å²) in [4.78, 5) is 6.07. The van der Waals surface area contributed by atoms with Crippen molar-refractivity contribution in [2.45, 2.75) is 35.5 Å². The molecule has 1 fully saturated rings. The summed E-state index contributed by atoms with van der Waals surface area (Å²) in [6.45, 7) is 4.95. The number of fused-ring (bicyclic) bond motifs is 1. The number of benzene rings is 2. The molecule has 0 N–H and O–H groups in total. The third-order valence-corrected chi connectivity index (χ3v) is 7.27. The maximum atomic E-state index is 14.0. The summed E-state index contributed by atoms with van der Waals surface area (Å²) >= 11 is 2.01. The fourth-order valence-electron chi connectivity index (χ4n) is 4.31. The van der Waals surface area contributed by atoms with Gasteiger partial charge in [-0.1, -0.05) is 30.3 Å². The van der Waals surface area contributed by atoms with Crippen molar-refractivity contribution in [3.63, 3.8) is 0 Å². The van der Waals surface area contributed by atoms with Gasteiger partial charge in [0.25, 0.3) is 0 Å². The van der Waals surface area contributed by atoms with Crippen LogP contribution in [0, 0.1) is 5.82 Å². The predicted molar refractivity (Wildman–Crippen MR) is 115 cm³/mol. The molecule has 5 heteroatoms. The molecule has 0 aliphatic carbocycles. The Morgan fingerprint density at radius 2 is 1.79 bits per heavy atom. The van der Waals surface area contributed by atoms with Gasteiger partial charge in [0.05, 0.1) is 11.8 Å². The van der Waals surface area contributed by atoms with Crippen LogP contribution in [0.25, 0.3) is 0 Å². The van der Waals surface area contributed by atoms with Crippen molar-refractivity contribution in [1.29, 1.82) is 0 Å². The van der Waals surface area contributed by atoms with E-state index in [2.05, 4.69) is 34.1 Å². The van der Waals surface area contributed by atoms with Gasteiger partial charge in [0.1, 0.15) is 5.82 Å². The van der Waals surface area contributed by atoms with Gasteiger partial charge >= 0.3 is 0 Å². The molecule has 2 aromatic rings. The number of halogens is 1. The lowest BCUT2D eigenvalue weighted by Crippen LogP contribution is -2.47. The quantitative estimate of drug-likeness (QED) is 0.679. The van der Waals surface area contributed by atoms with Gasteiger partial charge in [0, 0.05) is 43.4 Å². The van der Waals surface area contributed by atoms with Crippen molar-refractivity contribution in [2.75, 3.05) is 44.7 Å². The van der Waals surface area contributed by atoms with Crippen molar-refractivity contribution in [3.8, 4) is 0 Å². The molecule has 0 spiro atoms. The number of anilines is 1. The Morgan fingerprint density at radius 3 is 2.57 bits per heavy atom. The number of nitrogens with zero attached hydrogens (tertiary/aromatic N) is 2. The molecule has 28 heavy (non-hydrogen) atoms. The molecule has 0 radical (unpaired) electrons. The summed E-state index contributed by atoms with van der Waals surface area (Å²) in [6, 6.07) is 15.7. The van der Waals surface area contributed by atoms with Crippen LogP contribution >= 0.6 is 11.8 Å². The van der Waals surface area contributed by atoms with Crippen LogP contribution in [0.2, 0.25) is 0 Å². The highest BCUT2D eigenvalue weighted by Gasteiger charge is 2.27. The lowest BCUT2D eigenvalue weighted by Gasteiger charge is -2.36. The lowest BCUT2D eigenvalue weighted by molar-refractivity contribution is 0.0901. The lowest BCUT2D eigenvalue weighted by atomic mass is 10.0. The zero-order valence-electron chi connectivity index (χ0n) is 16.5. The van der Waals surface area contributed by atoms with Crippen molar-refractivity contribution in [1.82, 2.24) is 4.90 Å². The first kappa shape index (κ1) is 19.7. The zero-order valence-corrected chi connectivity index (χ0v) is 17.3. The number of thioether (sulfide) groups is 1. The second-order valence-corrected chi connectivity index (χ2v) is 9.00.